The monoisotopic (exact) mass is 581 g/mol. The predicted octanol–water partition coefficient (Wildman–Crippen LogP) is 4.79. The van der Waals surface area contributed by atoms with Crippen molar-refractivity contribution >= 4 is 34.5 Å². The Morgan fingerprint density at radius 1 is 1.00 bits per heavy atom. The van der Waals surface area contributed by atoms with Gasteiger partial charge in [-0.1, -0.05) is 24.8 Å². The summed E-state index contributed by atoms with van der Waals surface area (Å²) in [5, 5.41) is 10.2. The largest absolute Gasteiger partial charge is 0.383 e. The van der Waals surface area contributed by atoms with E-state index in [0.717, 1.165) is 29.7 Å². The van der Waals surface area contributed by atoms with Gasteiger partial charge in [-0.3, -0.25) is 14.2 Å². The average Bonchev–Trinajstić information content (AvgIpc) is 3.80. The van der Waals surface area contributed by atoms with Crippen LogP contribution >= 0.6 is 0 Å². The topological polar surface area (TPSA) is 146 Å². The van der Waals surface area contributed by atoms with Crippen molar-refractivity contribution in [2.24, 2.45) is 0 Å². The molecule has 0 bridgehead atoms. The fourth-order valence-corrected chi connectivity index (χ4v) is 5.61. The Bertz CT molecular complexity index is 2060. The van der Waals surface area contributed by atoms with Gasteiger partial charge in [0.2, 0.25) is 5.91 Å². The van der Waals surface area contributed by atoms with Gasteiger partial charge in [-0.15, -0.1) is 0 Å². The number of aromatic nitrogens is 6. The van der Waals surface area contributed by atoms with Crippen molar-refractivity contribution in [2.75, 3.05) is 11.1 Å². The second-order valence-electron chi connectivity index (χ2n) is 10.4. The van der Waals surface area contributed by atoms with Gasteiger partial charge in [0.25, 0.3) is 5.91 Å². The Kier molecular flexibility index (Phi) is 6.66. The van der Waals surface area contributed by atoms with Crippen LogP contribution in [-0.4, -0.2) is 41.1 Å². The van der Waals surface area contributed by atoms with Gasteiger partial charge in [-0.25, -0.2) is 19.6 Å². The number of benzene rings is 2. The lowest BCUT2D eigenvalue weighted by Crippen LogP contribution is -2.28. The van der Waals surface area contributed by atoms with Crippen molar-refractivity contribution in [2.45, 2.75) is 18.9 Å². The molecule has 0 fully saturated rings. The summed E-state index contributed by atoms with van der Waals surface area (Å²) in [7, 11) is 0. The smallest absolute Gasteiger partial charge is 0.253 e. The number of carbonyl (C=O) groups is 2. The van der Waals surface area contributed by atoms with Gasteiger partial charge in [-0.2, -0.15) is 5.10 Å². The molecule has 1 atom stereocenters. The predicted molar refractivity (Wildman–Crippen MR) is 167 cm³/mol. The Labute approximate surface area is 252 Å². The number of carbonyl (C=O) groups excluding carboxylic acids is 2. The lowest BCUT2D eigenvalue weighted by Gasteiger charge is -2.17. The molecule has 44 heavy (non-hydrogen) atoms. The van der Waals surface area contributed by atoms with Crippen LogP contribution in [0.3, 0.4) is 0 Å². The van der Waals surface area contributed by atoms with Gasteiger partial charge in [-0.05, 0) is 84.6 Å². The molecule has 11 nitrogen and oxygen atoms in total. The highest BCUT2D eigenvalue weighted by atomic mass is 16.2. The maximum Gasteiger partial charge on any atom is 0.253 e. The molecule has 7 rings (SSSR count). The molecule has 4 N–H and O–H groups in total. The number of aryl methyl sites for hydroxylation is 1. The molecule has 4 aromatic heterocycles. The van der Waals surface area contributed by atoms with Gasteiger partial charge in [0, 0.05) is 24.3 Å². The fraction of sp³-hybridized carbons (Fsp3) is 0.0909. The molecule has 4 heterocycles. The molecule has 0 saturated heterocycles. The maximum absolute atomic E-state index is 13.3. The molecule has 6 aromatic rings. The lowest BCUT2D eigenvalue weighted by atomic mass is 10.1. The van der Waals surface area contributed by atoms with Gasteiger partial charge >= 0.3 is 0 Å². The number of imidazole rings is 1. The Hall–Kier alpha value is -6.10. The maximum atomic E-state index is 13.3. The summed E-state index contributed by atoms with van der Waals surface area (Å²) in [6.07, 6.45) is 7.87. The van der Waals surface area contributed by atoms with E-state index in [1.165, 1.54) is 6.08 Å². The average molecular weight is 582 g/mol. The molecule has 0 unspecified atom stereocenters. The first-order chi connectivity index (χ1) is 21.5. The number of nitrogens with two attached hydrogens (primary N) is 1. The van der Waals surface area contributed by atoms with Crippen molar-refractivity contribution in [3.63, 3.8) is 0 Å². The first-order valence-electron chi connectivity index (χ1n) is 14.1. The van der Waals surface area contributed by atoms with Crippen LogP contribution in [0, 0.1) is 0 Å². The van der Waals surface area contributed by atoms with E-state index in [2.05, 4.69) is 33.4 Å². The highest BCUT2D eigenvalue weighted by Gasteiger charge is 2.27. The lowest BCUT2D eigenvalue weighted by molar-refractivity contribution is -0.111. The zero-order chi connectivity index (χ0) is 30.2. The number of nitrogens with zero attached hydrogens (tertiary/aromatic N) is 6. The number of hydrogen-bond donors (Lipinski definition) is 3. The van der Waals surface area contributed by atoms with Crippen molar-refractivity contribution in [1.29, 1.82) is 0 Å². The van der Waals surface area contributed by atoms with Crippen LogP contribution in [0.2, 0.25) is 0 Å². The van der Waals surface area contributed by atoms with Crippen LogP contribution in [-0.2, 0) is 11.2 Å². The Morgan fingerprint density at radius 2 is 1.89 bits per heavy atom. The summed E-state index contributed by atoms with van der Waals surface area (Å²) < 4.78 is 3.69. The quantitative estimate of drug-likeness (QED) is 0.230. The normalized spacial score (nSPS) is 13.9. The van der Waals surface area contributed by atoms with E-state index in [4.69, 9.17) is 15.7 Å². The van der Waals surface area contributed by atoms with Crippen LogP contribution in [0.4, 0.5) is 11.5 Å². The van der Waals surface area contributed by atoms with E-state index in [1.807, 2.05) is 53.2 Å². The SMILES string of the molecule is C=CC(=O)Nc1ccccc1C(=O)N[C@H]1CCc2cc(-n3c(-c4cccnc4N)nc4ccc(-n5cccn5)nc43)ccc21. The van der Waals surface area contributed by atoms with E-state index < -0.39 is 0 Å². The second-order valence-corrected chi connectivity index (χ2v) is 10.4. The molecule has 11 heteroatoms. The van der Waals surface area contributed by atoms with E-state index in [9.17, 15) is 9.59 Å². The third-order valence-electron chi connectivity index (χ3n) is 7.69. The van der Waals surface area contributed by atoms with Gasteiger partial charge in [0.05, 0.1) is 22.9 Å². The molecule has 2 amide bonds. The summed E-state index contributed by atoms with van der Waals surface area (Å²) in [5.74, 6) is 0.997. The van der Waals surface area contributed by atoms with Crippen LogP contribution < -0.4 is 16.4 Å². The fourth-order valence-electron chi connectivity index (χ4n) is 5.61. The van der Waals surface area contributed by atoms with Crippen LogP contribution in [0.15, 0.2) is 104 Å². The minimum Gasteiger partial charge on any atom is -0.383 e. The molecular weight excluding hydrogens is 554 g/mol. The highest BCUT2D eigenvalue weighted by Crippen LogP contribution is 2.36. The standard InChI is InChI=1S/C33H27N9O2/c1-2-29(43)37-25-9-4-3-7-23(25)33(44)39-26-13-10-20-19-21(11-12-22(20)26)42-31(24-8-5-16-35-30(24)34)38-27-14-15-28(40-32(27)42)41-18-6-17-36-41/h2-9,11-12,14-19,26H,1,10,13H2,(H2,34,35)(H,37,43)(H,39,44)/t26-/m0/s1. The molecule has 0 saturated carbocycles. The van der Waals surface area contributed by atoms with Crippen molar-refractivity contribution < 1.29 is 9.59 Å². The van der Waals surface area contributed by atoms with Crippen molar-refractivity contribution in [3.8, 4) is 22.9 Å². The molecule has 0 aliphatic heterocycles. The first kappa shape index (κ1) is 26.8. The Morgan fingerprint density at radius 3 is 2.70 bits per heavy atom. The number of amides is 2. The first-order valence-corrected chi connectivity index (χ1v) is 14.1. The molecule has 1 aliphatic rings. The molecule has 216 valence electrons. The number of nitrogens with one attached hydrogen (secondary N) is 2. The molecule has 0 spiro atoms. The number of rotatable bonds is 7. The minimum absolute atomic E-state index is 0.188. The third-order valence-corrected chi connectivity index (χ3v) is 7.69. The van der Waals surface area contributed by atoms with E-state index in [-0.39, 0.29) is 17.9 Å². The van der Waals surface area contributed by atoms with Crippen LogP contribution in [0.1, 0.15) is 33.9 Å². The second kappa shape index (κ2) is 11.0. The summed E-state index contributed by atoms with van der Waals surface area (Å²) in [5.41, 5.74) is 12.2. The number of para-hydroxylation sites is 1. The van der Waals surface area contributed by atoms with E-state index in [0.29, 0.717) is 45.4 Å². The van der Waals surface area contributed by atoms with Crippen molar-refractivity contribution in [3.05, 3.63) is 121 Å². The summed E-state index contributed by atoms with van der Waals surface area (Å²) in [6.45, 7) is 3.49. The number of fused-ring (bicyclic) bond motifs is 2. The van der Waals surface area contributed by atoms with E-state index in [1.54, 1.807) is 41.3 Å². The highest BCUT2D eigenvalue weighted by molar-refractivity contribution is 6.06. The van der Waals surface area contributed by atoms with Crippen molar-refractivity contribution in [1.82, 2.24) is 34.6 Å². The molecule has 2 aromatic carbocycles. The van der Waals surface area contributed by atoms with Gasteiger partial charge in [0.1, 0.15) is 11.3 Å². The number of pyridine rings is 2. The third kappa shape index (κ3) is 4.75. The summed E-state index contributed by atoms with van der Waals surface area (Å²) in [4.78, 5) is 39.4. The zero-order valence-electron chi connectivity index (χ0n) is 23.5. The Balaban J connectivity index is 1.26. The summed E-state index contributed by atoms with van der Waals surface area (Å²) in [6, 6.07) is 22.2. The molecular formula is C33H27N9O2. The summed E-state index contributed by atoms with van der Waals surface area (Å²) >= 11 is 0. The van der Waals surface area contributed by atoms with Crippen LogP contribution in [0.25, 0.3) is 34.1 Å². The molecule has 0 radical (unpaired) electrons. The number of nitrogen functional groups attached to an aromatic ring is 1. The van der Waals surface area contributed by atoms with Crippen LogP contribution in [0.5, 0.6) is 0 Å². The van der Waals surface area contributed by atoms with Gasteiger partial charge in [0.15, 0.2) is 17.3 Å². The number of hydrogen-bond acceptors (Lipinski definition) is 7. The zero-order valence-corrected chi connectivity index (χ0v) is 23.5. The molecule has 1 aliphatic carbocycles. The van der Waals surface area contributed by atoms with E-state index >= 15 is 0 Å². The van der Waals surface area contributed by atoms with Gasteiger partial charge < -0.3 is 16.4 Å². The number of anilines is 2. The minimum atomic E-state index is -0.380.